The molecule has 1 aromatic rings. The summed E-state index contributed by atoms with van der Waals surface area (Å²) in [5.74, 6) is 1.01. The van der Waals surface area contributed by atoms with Crippen LogP contribution in [-0.2, 0) is 6.54 Å². The van der Waals surface area contributed by atoms with Gasteiger partial charge in [-0.1, -0.05) is 19.3 Å². The Morgan fingerprint density at radius 2 is 2.14 bits per heavy atom. The van der Waals surface area contributed by atoms with Crippen LogP contribution in [0.1, 0.15) is 43.4 Å². The predicted molar refractivity (Wildman–Crippen MR) is 57.2 cm³/mol. The maximum atomic E-state index is 5.26. The van der Waals surface area contributed by atoms with Crippen LogP contribution in [0.3, 0.4) is 0 Å². The van der Waals surface area contributed by atoms with Crippen molar-refractivity contribution in [2.75, 3.05) is 0 Å². The molecule has 0 saturated heterocycles. The van der Waals surface area contributed by atoms with Gasteiger partial charge in [0.2, 0.25) is 0 Å². The van der Waals surface area contributed by atoms with Gasteiger partial charge in [0.25, 0.3) is 0 Å². The van der Waals surface area contributed by atoms with E-state index in [2.05, 4.69) is 11.4 Å². The molecule has 0 radical (unpaired) electrons. The monoisotopic (exact) mass is 193 g/mol. The summed E-state index contributed by atoms with van der Waals surface area (Å²) in [6, 6.07) is 2.84. The zero-order chi connectivity index (χ0) is 9.80. The van der Waals surface area contributed by atoms with Gasteiger partial charge in [0.05, 0.1) is 6.26 Å². The van der Waals surface area contributed by atoms with Crippen LogP contribution < -0.4 is 5.32 Å². The van der Waals surface area contributed by atoms with Gasteiger partial charge in [-0.3, -0.25) is 0 Å². The van der Waals surface area contributed by atoms with E-state index in [1.165, 1.54) is 37.7 Å². The summed E-state index contributed by atoms with van der Waals surface area (Å²) in [6.45, 7) is 2.95. The first-order chi connectivity index (χ1) is 6.84. The minimum atomic E-state index is 0.735. The van der Waals surface area contributed by atoms with Crippen molar-refractivity contribution in [3.05, 3.63) is 23.7 Å². The topological polar surface area (TPSA) is 25.2 Å². The molecule has 0 aliphatic heterocycles. The van der Waals surface area contributed by atoms with Crippen molar-refractivity contribution in [2.24, 2.45) is 0 Å². The van der Waals surface area contributed by atoms with Crippen LogP contribution in [0.15, 0.2) is 16.7 Å². The lowest BCUT2D eigenvalue weighted by molar-refractivity contribution is 0.372. The van der Waals surface area contributed by atoms with Crippen LogP contribution in [0.4, 0.5) is 0 Å². The Kier molecular flexibility index (Phi) is 3.25. The van der Waals surface area contributed by atoms with Gasteiger partial charge in [-0.2, -0.15) is 0 Å². The highest BCUT2D eigenvalue weighted by molar-refractivity contribution is 5.11. The molecule has 1 fully saturated rings. The first-order valence-electron chi connectivity index (χ1n) is 5.62. The zero-order valence-corrected chi connectivity index (χ0v) is 8.88. The van der Waals surface area contributed by atoms with Crippen molar-refractivity contribution in [1.29, 1.82) is 0 Å². The Morgan fingerprint density at radius 1 is 1.36 bits per heavy atom. The van der Waals surface area contributed by atoms with Crippen LogP contribution in [0.5, 0.6) is 0 Å². The van der Waals surface area contributed by atoms with Crippen molar-refractivity contribution >= 4 is 0 Å². The number of rotatable bonds is 3. The van der Waals surface area contributed by atoms with E-state index in [0.29, 0.717) is 0 Å². The van der Waals surface area contributed by atoms with Crippen LogP contribution in [0.2, 0.25) is 0 Å². The molecule has 1 saturated carbocycles. The average Bonchev–Trinajstić information content (AvgIpc) is 2.63. The smallest absolute Gasteiger partial charge is 0.101 e. The van der Waals surface area contributed by atoms with E-state index in [9.17, 15) is 0 Å². The largest absolute Gasteiger partial charge is 0.469 e. The van der Waals surface area contributed by atoms with Crippen molar-refractivity contribution in [3.63, 3.8) is 0 Å². The highest BCUT2D eigenvalue weighted by Crippen LogP contribution is 2.18. The molecule has 1 aromatic heterocycles. The second-order valence-electron chi connectivity index (χ2n) is 4.28. The second-order valence-corrected chi connectivity index (χ2v) is 4.28. The van der Waals surface area contributed by atoms with Crippen molar-refractivity contribution in [1.82, 2.24) is 5.32 Å². The van der Waals surface area contributed by atoms with E-state index in [1.807, 2.05) is 13.2 Å². The molecular formula is C12H19NO. The third-order valence-electron chi connectivity index (χ3n) is 2.98. The number of aryl methyl sites for hydroxylation is 1. The SMILES string of the molecule is Cc1cc(CNC2CCCCC2)co1. The van der Waals surface area contributed by atoms with E-state index >= 15 is 0 Å². The Balaban J connectivity index is 1.76. The minimum absolute atomic E-state index is 0.735. The molecule has 78 valence electrons. The average molecular weight is 193 g/mol. The molecule has 0 bridgehead atoms. The van der Waals surface area contributed by atoms with Gasteiger partial charge in [0, 0.05) is 18.2 Å². The lowest BCUT2D eigenvalue weighted by atomic mass is 9.95. The number of furan rings is 1. The fourth-order valence-corrected chi connectivity index (χ4v) is 2.16. The van der Waals surface area contributed by atoms with Gasteiger partial charge in [-0.05, 0) is 25.8 Å². The normalized spacial score (nSPS) is 18.6. The summed E-state index contributed by atoms with van der Waals surface area (Å²) in [7, 11) is 0. The van der Waals surface area contributed by atoms with Crippen LogP contribution >= 0.6 is 0 Å². The lowest BCUT2D eigenvalue weighted by Gasteiger charge is -2.22. The maximum absolute atomic E-state index is 5.26. The third-order valence-corrected chi connectivity index (χ3v) is 2.98. The first kappa shape index (κ1) is 9.78. The van der Waals surface area contributed by atoms with Crippen molar-refractivity contribution in [3.8, 4) is 0 Å². The summed E-state index contributed by atoms with van der Waals surface area (Å²) in [5, 5.41) is 3.59. The molecule has 1 aliphatic rings. The molecule has 0 amide bonds. The number of hydrogen-bond acceptors (Lipinski definition) is 2. The fourth-order valence-electron chi connectivity index (χ4n) is 2.16. The molecule has 2 rings (SSSR count). The molecular weight excluding hydrogens is 174 g/mol. The van der Waals surface area contributed by atoms with Crippen molar-refractivity contribution in [2.45, 2.75) is 51.6 Å². The minimum Gasteiger partial charge on any atom is -0.469 e. The van der Waals surface area contributed by atoms with Gasteiger partial charge >= 0.3 is 0 Å². The highest BCUT2D eigenvalue weighted by atomic mass is 16.3. The molecule has 0 unspecified atom stereocenters. The summed E-state index contributed by atoms with van der Waals surface area (Å²) < 4.78 is 5.26. The van der Waals surface area contributed by atoms with Gasteiger partial charge in [0.15, 0.2) is 0 Å². The molecule has 1 heterocycles. The summed E-state index contributed by atoms with van der Waals surface area (Å²) >= 11 is 0. The molecule has 2 heteroatoms. The van der Waals surface area contributed by atoms with Crippen molar-refractivity contribution < 1.29 is 4.42 Å². The maximum Gasteiger partial charge on any atom is 0.101 e. The third kappa shape index (κ3) is 2.61. The Bertz CT molecular complexity index is 274. The van der Waals surface area contributed by atoms with E-state index < -0.39 is 0 Å². The molecule has 0 atom stereocenters. The summed E-state index contributed by atoms with van der Waals surface area (Å²) in [5.41, 5.74) is 1.27. The van der Waals surface area contributed by atoms with Gasteiger partial charge in [-0.15, -0.1) is 0 Å². The Hall–Kier alpha value is -0.760. The summed E-state index contributed by atoms with van der Waals surface area (Å²) in [6.07, 6.45) is 8.74. The first-order valence-corrected chi connectivity index (χ1v) is 5.62. The molecule has 2 nitrogen and oxygen atoms in total. The number of hydrogen-bond donors (Lipinski definition) is 1. The van der Waals surface area contributed by atoms with Gasteiger partial charge in [0.1, 0.15) is 5.76 Å². The van der Waals surface area contributed by atoms with E-state index in [4.69, 9.17) is 4.42 Å². The predicted octanol–water partition coefficient (Wildman–Crippen LogP) is 3.01. The second kappa shape index (κ2) is 4.65. The van der Waals surface area contributed by atoms with E-state index in [1.54, 1.807) is 0 Å². The fraction of sp³-hybridized carbons (Fsp3) is 0.667. The number of nitrogens with one attached hydrogen (secondary N) is 1. The van der Waals surface area contributed by atoms with Crippen LogP contribution in [0, 0.1) is 6.92 Å². The highest BCUT2D eigenvalue weighted by Gasteiger charge is 2.12. The molecule has 1 N–H and O–H groups in total. The standard InChI is InChI=1S/C12H19NO/c1-10-7-11(9-14-10)8-13-12-5-3-2-4-6-12/h7,9,12-13H,2-6,8H2,1H3. The summed E-state index contributed by atoms with van der Waals surface area (Å²) in [4.78, 5) is 0. The Labute approximate surface area is 85.7 Å². The lowest BCUT2D eigenvalue weighted by Crippen LogP contribution is -2.30. The van der Waals surface area contributed by atoms with E-state index in [0.717, 1.165) is 18.3 Å². The quantitative estimate of drug-likeness (QED) is 0.798. The zero-order valence-electron chi connectivity index (χ0n) is 8.88. The molecule has 0 aromatic carbocycles. The van der Waals surface area contributed by atoms with E-state index in [-0.39, 0.29) is 0 Å². The van der Waals surface area contributed by atoms with Crippen LogP contribution in [-0.4, -0.2) is 6.04 Å². The molecule has 14 heavy (non-hydrogen) atoms. The molecule has 1 aliphatic carbocycles. The van der Waals surface area contributed by atoms with Crippen LogP contribution in [0.25, 0.3) is 0 Å². The van der Waals surface area contributed by atoms with Gasteiger partial charge in [-0.25, -0.2) is 0 Å². The van der Waals surface area contributed by atoms with Gasteiger partial charge < -0.3 is 9.73 Å². The Morgan fingerprint density at radius 3 is 2.79 bits per heavy atom. The molecule has 0 spiro atoms.